The van der Waals surface area contributed by atoms with E-state index in [0.717, 1.165) is 11.1 Å². The fourth-order valence-electron chi connectivity index (χ4n) is 2.86. The second-order valence-electron chi connectivity index (χ2n) is 6.65. The molecule has 3 aromatic rings. The Bertz CT molecular complexity index is 1060. The van der Waals surface area contributed by atoms with E-state index < -0.39 is 20.6 Å². The van der Waals surface area contributed by atoms with Gasteiger partial charge in [-0.3, -0.25) is 4.79 Å². The molecular weight excluding hydrogens is 364 g/mol. The zero-order valence-electron chi connectivity index (χ0n) is 15.0. The zero-order chi connectivity index (χ0) is 19.7. The molecule has 0 spiro atoms. The Balaban J connectivity index is 1.94. The molecule has 0 saturated carbocycles. The minimum atomic E-state index is -4.21. The Morgan fingerprint density at radius 3 is 2.19 bits per heavy atom. The number of H-pyrrole nitrogens is 1. The summed E-state index contributed by atoms with van der Waals surface area (Å²) < 4.78 is 23.8. The average molecular weight is 384 g/mol. The van der Waals surface area contributed by atoms with Crippen molar-refractivity contribution in [2.24, 2.45) is 0 Å². The number of nitrogens with zero attached hydrogens (tertiary/aromatic N) is 1. The molecular formula is C20H20N2O4S. The van der Waals surface area contributed by atoms with E-state index in [1.54, 1.807) is 19.1 Å². The fraction of sp³-hybridized carbons (Fsp3) is 0.200. The smallest absolute Gasteiger partial charge is 0.325 e. The lowest BCUT2D eigenvalue weighted by Crippen LogP contribution is -2.46. The molecule has 0 fully saturated rings. The summed E-state index contributed by atoms with van der Waals surface area (Å²) in [5.41, 5.74) is 3.17. The van der Waals surface area contributed by atoms with Crippen molar-refractivity contribution in [2.75, 3.05) is 0 Å². The van der Waals surface area contributed by atoms with Crippen LogP contribution in [0.2, 0.25) is 0 Å². The monoisotopic (exact) mass is 384 g/mol. The summed E-state index contributed by atoms with van der Waals surface area (Å²) >= 11 is 0. The summed E-state index contributed by atoms with van der Waals surface area (Å²) in [5.74, 6) is -1.41. The third-order valence-electron chi connectivity index (χ3n) is 4.58. The van der Waals surface area contributed by atoms with Crippen LogP contribution in [0, 0.1) is 6.92 Å². The number of rotatable bonds is 6. The van der Waals surface area contributed by atoms with Gasteiger partial charge in [0.05, 0.1) is 0 Å². The molecule has 1 unspecified atom stereocenters. The van der Waals surface area contributed by atoms with Crippen LogP contribution in [0.15, 0.2) is 66.0 Å². The van der Waals surface area contributed by atoms with Gasteiger partial charge in [0, 0.05) is 18.3 Å². The lowest BCUT2D eigenvalue weighted by atomic mass is 9.97. The van der Waals surface area contributed by atoms with Crippen LogP contribution < -0.4 is 0 Å². The highest BCUT2D eigenvalue weighted by molar-refractivity contribution is 7.93. The number of hydrogen-bond acceptors (Lipinski definition) is 4. The molecule has 0 bridgehead atoms. The average Bonchev–Trinajstić information content (AvgIpc) is 3.10. The number of hydrogen-bond donors (Lipinski definition) is 2. The third-order valence-corrected chi connectivity index (χ3v) is 6.80. The zero-order valence-corrected chi connectivity index (χ0v) is 15.8. The number of nitrogens with one attached hydrogen (secondary N) is 1. The van der Waals surface area contributed by atoms with Gasteiger partial charge >= 0.3 is 5.97 Å². The molecule has 140 valence electrons. The molecule has 0 saturated heterocycles. The number of carboxylic acid groups (broad SMARTS) is 1. The highest BCUT2D eigenvalue weighted by Crippen LogP contribution is 2.29. The maximum Gasteiger partial charge on any atom is 0.325 e. The second kappa shape index (κ2) is 7.00. The predicted octanol–water partition coefficient (Wildman–Crippen LogP) is 3.24. The van der Waals surface area contributed by atoms with Gasteiger partial charge in [0.2, 0.25) is 15.0 Å². The van der Waals surface area contributed by atoms with Crippen molar-refractivity contribution >= 4 is 15.8 Å². The van der Waals surface area contributed by atoms with Gasteiger partial charge in [-0.15, -0.1) is 0 Å². The molecule has 0 aliphatic rings. The Morgan fingerprint density at radius 1 is 1.07 bits per heavy atom. The molecule has 6 nitrogen and oxygen atoms in total. The van der Waals surface area contributed by atoms with Crippen LogP contribution in [0.5, 0.6) is 0 Å². The SMILES string of the molecule is Cc1cnc(S(=O)(=O)C(C)(Cc2ccc(-c3ccccc3)cc2)C(=O)O)[nH]1. The maximum atomic E-state index is 12.9. The molecule has 1 atom stereocenters. The van der Waals surface area contributed by atoms with Crippen LogP contribution in [0.4, 0.5) is 0 Å². The van der Waals surface area contributed by atoms with Crippen LogP contribution in [0.1, 0.15) is 18.2 Å². The van der Waals surface area contributed by atoms with Crippen LogP contribution in [-0.2, 0) is 21.1 Å². The fourth-order valence-corrected chi connectivity index (χ4v) is 4.36. The molecule has 0 radical (unpaired) electrons. The largest absolute Gasteiger partial charge is 0.480 e. The maximum absolute atomic E-state index is 12.9. The first-order valence-electron chi connectivity index (χ1n) is 8.38. The number of aromatic nitrogens is 2. The number of benzene rings is 2. The number of imidazole rings is 1. The van der Waals surface area contributed by atoms with Crippen LogP contribution in [0.25, 0.3) is 11.1 Å². The Labute approximate surface area is 157 Å². The topological polar surface area (TPSA) is 100 Å². The first-order valence-corrected chi connectivity index (χ1v) is 9.86. The minimum Gasteiger partial charge on any atom is -0.480 e. The molecule has 1 heterocycles. The summed E-state index contributed by atoms with van der Waals surface area (Å²) in [7, 11) is -4.21. The highest BCUT2D eigenvalue weighted by Gasteiger charge is 2.49. The van der Waals surface area contributed by atoms with Gasteiger partial charge in [-0.1, -0.05) is 54.6 Å². The van der Waals surface area contributed by atoms with Crippen LogP contribution in [-0.4, -0.2) is 34.2 Å². The van der Waals surface area contributed by atoms with Gasteiger partial charge in [-0.05, 0) is 30.5 Å². The van der Waals surface area contributed by atoms with Crippen molar-refractivity contribution in [2.45, 2.75) is 30.2 Å². The normalized spacial score (nSPS) is 13.9. The third kappa shape index (κ3) is 3.50. The van der Waals surface area contributed by atoms with Crippen molar-refractivity contribution in [1.82, 2.24) is 9.97 Å². The summed E-state index contributed by atoms with van der Waals surface area (Å²) in [4.78, 5) is 18.4. The highest BCUT2D eigenvalue weighted by atomic mass is 32.2. The van der Waals surface area contributed by atoms with Gasteiger partial charge in [0.15, 0.2) is 4.75 Å². The van der Waals surface area contributed by atoms with E-state index >= 15 is 0 Å². The van der Waals surface area contributed by atoms with E-state index in [-0.39, 0.29) is 11.6 Å². The molecule has 3 rings (SSSR count). The van der Waals surface area contributed by atoms with Crippen molar-refractivity contribution in [3.63, 3.8) is 0 Å². The van der Waals surface area contributed by atoms with Crippen molar-refractivity contribution < 1.29 is 18.3 Å². The molecule has 0 amide bonds. The molecule has 2 N–H and O–H groups in total. The van der Waals surface area contributed by atoms with E-state index in [1.807, 2.05) is 42.5 Å². The lowest BCUT2D eigenvalue weighted by molar-refractivity contribution is -0.139. The number of sulfone groups is 1. The Hall–Kier alpha value is -2.93. The van der Waals surface area contributed by atoms with Crippen molar-refractivity contribution in [3.05, 3.63) is 72.1 Å². The number of aromatic amines is 1. The molecule has 1 aromatic heterocycles. The van der Waals surface area contributed by atoms with Gasteiger partial charge in [-0.2, -0.15) is 0 Å². The Kier molecular flexibility index (Phi) is 4.89. The predicted molar refractivity (Wildman–Crippen MR) is 102 cm³/mol. The lowest BCUT2D eigenvalue weighted by Gasteiger charge is -2.23. The van der Waals surface area contributed by atoms with Gasteiger partial charge in [0.1, 0.15) is 0 Å². The first-order chi connectivity index (χ1) is 12.7. The molecule has 27 heavy (non-hydrogen) atoms. The molecule has 7 heteroatoms. The number of aliphatic carboxylic acids is 1. The van der Waals surface area contributed by atoms with Gasteiger partial charge in [-0.25, -0.2) is 13.4 Å². The minimum absolute atomic E-state index is 0.167. The summed E-state index contributed by atoms with van der Waals surface area (Å²) in [6.07, 6.45) is 1.20. The standard InChI is InChI=1S/C20H20N2O4S/c1-14-13-21-19(22-14)27(25,26)20(2,18(23)24)12-15-8-10-17(11-9-15)16-6-4-3-5-7-16/h3-11,13H,12H2,1-2H3,(H,21,22)(H,23,24). The summed E-state index contributed by atoms with van der Waals surface area (Å²) in [5, 5.41) is 9.38. The van der Waals surface area contributed by atoms with E-state index in [9.17, 15) is 18.3 Å². The van der Waals surface area contributed by atoms with E-state index in [2.05, 4.69) is 9.97 Å². The summed E-state index contributed by atoms with van der Waals surface area (Å²) in [6, 6.07) is 17.0. The van der Waals surface area contributed by atoms with Gasteiger partial charge in [0.25, 0.3) is 0 Å². The molecule has 0 aliphatic heterocycles. The molecule has 0 aliphatic carbocycles. The van der Waals surface area contributed by atoms with Crippen molar-refractivity contribution in [1.29, 1.82) is 0 Å². The van der Waals surface area contributed by atoms with Crippen LogP contribution >= 0.6 is 0 Å². The summed E-state index contributed by atoms with van der Waals surface area (Å²) in [6.45, 7) is 2.88. The van der Waals surface area contributed by atoms with E-state index in [4.69, 9.17) is 0 Å². The van der Waals surface area contributed by atoms with Gasteiger partial charge < -0.3 is 10.1 Å². The van der Waals surface area contributed by atoms with E-state index in [1.165, 1.54) is 13.1 Å². The Morgan fingerprint density at radius 2 is 1.67 bits per heavy atom. The van der Waals surface area contributed by atoms with Crippen LogP contribution in [0.3, 0.4) is 0 Å². The number of carbonyl (C=O) groups is 1. The quantitative estimate of drug-likeness (QED) is 0.679. The second-order valence-corrected chi connectivity index (χ2v) is 8.95. The van der Waals surface area contributed by atoms with E-state index in [0.29, 0.717) is 11.3 Å². The first kappa shape index (κ1) is 18.8. The van der Waals surface area contributed by atoms with Crippen molar-refractivity contribution in [3.8, 4) is 11.1 Å². The molecule has 2 aromatic carbocycles. The number of carboxylic acids is 1. The number of aryl methyl sites for hydroxylation is 1.